The van der Waals surface area contributed by atoms with E-state index in [2.05, 4.69) is 51.3 Å². The summed E-state index contributed by atoms with van der Waals surface area (Å²) in [5.74, 6) is -1.00. The van der Waals surface area contributed by atoms with E-state index in [0.29, 0.717) is 32.0 Å². The summed E-state index contributed by atoms with van der Waals surface area (Å²) in [4.78, 5) is 19.4. The lowest BCUT2D eigenvalue weighted by atomic mass is 9.63. The Labute approximate surface area is 231 Å². The Morgan fingerprint density at radius 2 is 1.67 bits per heavy atom. The molecule has 0 saturated carbocycles. The molecule has 0 radical (unpaired) electrons. The molecule has 8 heteroatoms. The Hall–Kier alpha value is -2.74. The fraction of sp³-hybridized carbons (Fsp3) is 0.484. The van der Waals surface area contributed by atoms with Gasteiger partial charge >= 0.3 is 6.18 Å². The Kier molecular flexibility index (Phi) is 7.15. The first-order valence-corrected chi connectivity index (χ1v) is 14.4. The highest BCUT2D eigenvalue weighted by atomic mass is 32.1. The number of aromatic nitrogens is 1. The van der Waals surface area contributed by atoms with E-state index in [4.69, 9.17) is 4.98 Å². The molecular formula is C31H34F4N2OS. The van der Waals surface area contributed by atoms with Gasteiger partial charge in [-0.15, -0.1) is 11.3 Å². The van der Waals surface area contributed by atoms with E-state index in [1.54, 1.807) is 16.2 Å². The zero-order valence-electron chi connectivity index (χ0n) is 22.8. The normalized spacial score (nSPS) is 19.1. The van der Waals surface area contributed by atoms with Gasteiger partial charge in [0.05, 0.1) is 22.7 Å². The third-order valence-corrected chi connectivity index (χ3v) is 9.59. The number of nitrogens with zero attached hydrogens (tertiary/aromatic N) is 2. The number of benzene rings is 2. The molecule has 3 aromatic rings. The van der Waals surface area contributed by atoms with Crippen LogP contribution in [0, 0.1) is 5.82 Å². The molecule has 0 bridgehead atoms. The van der Waals surface area contributed by atoms with Crippen molar-refractivity contribution in [2.24, 2.45) is 0 Å². The molecule has 208 valence electrons. The van der Waals surface area contributed by atoms with Gasteiger partial charge in [-0.3, -0.25) is 4.79 Å². The summed E-state index contributed by atoms with van der Waals surface area (Å²) in [6.07, 6.45) is -1.40. The first-order chi connectivity index (χ1) is 18.2. The Morgan fingerprint density at radius 1 is 1.00 bits per heavy atom. The van der Waals surface area contributed by atoms with Crippen molar-refractivity contribution in [2.75, 3.05) is 13.1 Å². The first-order valence-electron chi connectivity index (χ1n) is 13.5. The van der Waals surface area contributed by atoms with E-state index in [9.17, 15) is 22.4 Å². The van der Waals surface area contributed by atoms with Gasteiger partial charge in [-0.1, -0.05) is 39.8 Å². The number of alkyl halides is 3. The minimum absolute atomic E-state index is 0.117. The highest BCUT2D eigenvalue weighted by molar-refractivity contribution is 7.10. The van der Waals surface area contributed by atoms with Gasteiger partial charge in [-0.2, -0.15) is 13.2 Å². The van der Waals surface area contributed by atoms with Crippen LogP contribution in [0.15, 0.2) is 41.8 Å². The molecule has 5 rings (SSSR count). The highest BCUT2D eigenvalue weighted by Crippen LogP contribution is 2.47. The Bertz CT molecular complexity index is 1380. The minimum Gasteiger partial charge on any atom is -0.342 e. The van der Waals surface area contributed by atoms with Gasteiger partial charge in [0.25, 0.3) is 0 Å². The molecule has 0 atom stereocenters. The van der Waals surface area contributed by atoms with E-state index in [0.717, 1.165) is 34.8 Å². The maximum Gasteiger partial charge on any atom is 0.416 e. The fourth-order valence-electron chi connectivity index (χ4n) is 5.99. The van der Waals surface area contributed by atoms with Gasteiger partial charge in [0.15, 0.2) is 0 Å². The maximum atomic E-state index is 13.6. The van der Waals surface area contributed by atoms with E-state index in [1.165, 1.54) is 17.5 Å². The van der Waals surface area contributed by atoms with Crippen molar-refractivity contribution in [1.29, 1.82) is 0 Å². The van der Waals surface area contributed by atoms with Gasteiger partial charge in [0.2, 0.25) is 5.91 Å². The van der Waals surface area contributed by atoms with E-state index < -0.39 is 29.9 Å². The zero-order valence-corrected chi connectivity index (χ0v) is 23.6. The number of thiazole rings is 1. The van der Waals surface area contributed by atoms with Gasteiger partial charge < -0.3 is 4.90 Å². The van der Waals surface area contributed by atoms with Crippen molar-refractivity contribution in [1.82, 2.24) is 9.88 Å². The van der Waals surface area contributed by atoms with Gasteiger partial charge in [-0.25, -0.2) is 9.37 Å². The zero-order chi connectivity index (χ0) is 28.2. The molecule has 0 spiro atoms. The lowest BCUT2D eigenvalue weighted by Crippen LogP contribution is -2.39. The van der Waals surface area contributed by atoms with Crippen LogP contribution in [0.1, 0.15) is 86.6 Å². The second-order valence-corrected chi connectivity index (χ2v) is 13.1. The SMILES string of the molecule is CC1(C)CCC(C)(C)c2cc(-c3csc(C4CCN(C(=O)Cc5cc(F)ccc5C(F)(F)F)CC4)n3)ccc21. The number of hydrogen-bond acceptors (Lipinski definition) is 3. The quantitative estimate of drug-likeness (QED) is 0.302. The molecule has 3 nitrogen and oxygen atoms in total. The van der Waals surface area contributed by atoms with Crippen molar-refractivity contribution in [2.45, 2.75) is 82.7 Å². The number of amides is 1. The topological polar surface area (TPSA) is 33.2 Å². The molecule has 1 amide bonds. The largest absolute Gasteiger partial charge is 0.416 e. The fourth-order valence-corrected chi connectivity index (χ4v) is 6.99. The molecule has 39 heavy (non-hydrogen) atoms. The van der Waals surface area contributed by atoms with Crippen LogP contribution in [0.3, 0.4) is 0 Å². The molecule has 0 unspecified atom stereocenters. The molecular weight excluding hydrogens is 524 g/mol. The summed E-state index contributed by atoms with van der Waals surface area (Å²) in [6.45, 7) is 10.1. The molecule has 1 aliphatic heterocycles. The lowest BCUT2D eigenvalue weighted by Gasteiger charge is -2.42. The molecule has 1 saturated heterocycles. The van der Waals surface area contributed by atoms with E-state index in [-0.39, 0.29) is 22.3 Å². The van der Waals surface area contributed by atoms with Crippen LogP contribution in [0.4, 0.5) is 17.6 Å². The van der Waals surface area contributed by atoms with Gasteiger partial charge in [-0.05, 0) is 77.5 Å². The van der Waals surface area contributed by atoms with Gasteiger partial charge in [0.1, 0.15) is 5.82 Å². The number of rotatable bonds is 4. The summed E-state index contributed by atoms with van der Waals surface area (Å²) < 4.78 is 53.7. The lowest BCUT2D eigenvalue weighted by molar-refractivity contribution is -0.138. The molecule has 2 aliphatic rings. The highest BCUT2D eigenvalue weighted by Gasteiger charge is 2.37. The van der Waals surface area contributed by atoms with Crippen molar-refractivity contribution >= 4 is 17.2 Å². The predicted molar refractivity (Wildman–Crippen MR) is 146 cm³/mol. The second-order valence-electron chi connectivity index (χ2n) is 12.2. The summed E-state index contributed by atoms with van der Waals surface area (Å²) in [6, 6.07) is 9.03. The molecule has 1 fully saturated rings. The number of likely N-dealkylation sites (tertiary alicyclic amines) is 1. The van der Waals surface area contributed by atoms with Crippen molar-refractivity contribution in [3.63, 3.8) is 0 Å². The van der Waals surface area contributed by atoms with Gasteiger partial charge in [0, 0.05) is 30.0 Å². The third-order valence-electron chi connectivity index (χ3n) is 8.58. The summed E-state index contributed by atoms with van der Waals surface area (Å²) >= 11 is 1.63. The average molecular weight is 559 g/mol. The smallest absolute Gasteiger partial charge is 0.342 e. The van der Waals surface area contributed by atoms with Crippen LogP contribution >= 0.6 is 11.3 Å². The number of carbonyl (C=O) groups is 1. The maximum absolute atomic E-state index is 13.6. The van der Waals surface area contributed by atoms with Crippen LogP contribution in [-0.4, -0.2) is 28.9 Å². The van der Waals surface area contributed by atoms with Crippen LogP contribution in [0.25, 0.3) is 11.3 Å². The van der Waals surface area contributed by atoms with Crippen molar-refractivity contribution < 1.29 is 22.4 Å². The summed E-state index contributed by atoms with van der Waals surface area (Å²) in [5.41, 5.74) is 3.87. The van der Waals surface area contributed by atoms with Crippen LogP contribution in [0.2, 0.25) is 0 Å². The number of halogens is 4. The Balaban J connectivity index is 1.26. The summed E-state index contributed by atoms with van der Waals surface area (Å²) in [5, 5.41) is 3.12. The second kappa shape index (κ2) is 10.0. The van der Waals surface area contributed by atoms with E-state index >= 15 is 0 Å². The van der Waals surface area contributed by atoms with Crippen LogP contribution < -0.4 is 0 Å². The average Bonchev–Trinajstić information content (AvgIpc) is 3.36. The van der Waals surface area contributed by atoms with E-state index in [1.807, 2.05) is 0 Å². The van der Waals surface area contributed by atoms with Crippen LogP contribution in [-0.2, 0) is 28.2 Å². The molecule has 1 aliphatic carbocycles. The number of hydrogen-bond donors (Lipinski definition) is 0. The molecule has 2 heterocycles. The number of carbonyl (C=O) groups excluding carboxylic acids is 1. The van der Waals surface area contributed by atoms with Crippen molar-refractivity contribution in [3.05, 3.63) is 74.9 Å². The van der Waals surface area contributed by atoms with Crippen LogP contribution in [0.5, 0.6) is 0 Å². The molecule has 2 aromatic carbocycles. The minimum atomic E-state index is -4.64. The molecule has 0 N–H and O–H groups in total. The van der Waals surface area contributed by atoms with Crippen molar-refractivity contribution in [3.8, 4) is 11.3 Å². The third kappa shape index (κ3) is 5.63. The number of piperidine rings is 1. The first kappa shape index (κ1) is 27.8. The predicted octanol–water partition coefficient (Wildman–Crippen LogP) is 8.27. The Morgan fingerprint density at radius 3 is 2.33 bits per heavy atom. The monoisotopic (exact) mass is 558 g/mol. The standard InChI is InChI=1S/C31H34F4N2OS/c1-29(2)11-12-30(3,4)25-16-20(5-7-24(25)29)26-18-39-28(36-26)19-9-13-37(14-10-19)27(38)17-21-15-22(32)6-8-23(21)31(33,34)35/h5-8,15-16,18-19H,9-14,17H2,1-4H3. The molecule has 1 aromatic heterocycles. The number of fused-ring (bicyclic) bond motifs is 1. The summed E-state index contributed by atoms with van der Waals surface area (Å²) in [7, 11) is 0.